The van der Waals surface area contributed by atoms with Crippen molar-refractivity contribution >= 4 is 17.9 Å². The Balaban J connectivity index is 1.86. The number of carbonyl (C=O) groups excluding carboxylic acids is 3. The fraction of sp³-hybridized carbons (Fsp3) is 0.526. The van der Waals surface area contributed by atoms with Gasteiger partial charge in [0.1, 0.15) is 5.60 Å². The van der Waals surface area contributed by atoms with Gasteiger partial charge in [-0.3, -0.25) is 9.59 Å². The summed E-state index contributed by atoms with van der Waals surface area (Å²) < 4.78 is 5.19. The molecule has 142 valence electrons. The van der Waals surface area contributed by atoms with Gasteiger partial charge in [-0.05, 0) is 38.5 Å². The molecule has 2 rings (SSSR count). The highest BCUT2D eigenvalue weighted by atomic mass is 16.6. The molecule has 3 amide bonds. The van der Waals surface area contributed by atoms with Crippen LogP contribution in [-0.4, -0.2) is 59.5 Å². The fourth-order valence-corrected chi connectivity index (χ4v) is 2.66. The van der Waals surface area contributed by atoms with E-state index in [0.717, 1.165) is 5.56 Å². The van der Waals surface area contributed by atoms with E-state index in [0.29, 0.717) is 38.3 Å². The van der Waals surface area contributed by atoms with Gasteiger partial charge < -0.3 is 19.9 Å². The summed E-state index contributed by atoms with van der Waals surface area (Å²) in [5.74, 6) is -0.00112. The quantitative estimate of drug-likeness (QED) is 0.893. The van der Waals surface area contributed by atoms with Gasteiger partial charge in [-0.25, -0.2) is 4.79 Å². The minimum atomic E-state index is -0.535. The number of hydrogen-bond donors (Lipinski definition) is 1. The average Bonchev–Trinajstić information content (AvgIpc) is 2.58. The third kappa shape index (κ3) is 5.75. The van der Waals surface area contributed by atoms with Crippen molar-refractivity contribution in [2.75, 3.05) is 26.2 Å². The van der Waals surface area contributed by atoms with Crippen molar-refractivity contribution in [3.05, 3.63) is 35.4 Å². The first-order valence-corrected chi connectivity index (χ1v) is 8.76. The van der Waals surface area contributed by atoms with Crippen LogP contribution in [0.25, 0.3) is 0 Å². The molecule has 1 N–H and O–H groups in total. The summed E-state index contributed by atoms with van der Waals surface area (Å²) in [7, 11) is 0. The lowest BCUT2D eigenvalue weighted by molar-refractivity contribution is -0.130. The molecule has 0 radical (unpaired) electrons. The molecule has 1 aromatic carbocycles. The molecular weight excluding hydrogens is 334 g/mol. The Morgan fingerprint density at radius 2 is 1.54 bits per heavy atom. The number of piperazine rings is 1. The van der Waals surface area contributed by atoms with Crippen LogP contribution in [0.2, 0.25) is 0 Å². The second-order valence-corrected chi connectivity index (χ2v) is 7.35. The van der Waals surface area contributed by atoms with E-state index < -0.39 is 11.7 Å². The van der Waals surface area contributed by atoms with Gasteiger partial charge in [0.25, 0.3) is 5.91 Å². The minimum Gasteiger partial charge on any atom is -0.444 e. The van der Waals surface area contributed by atoms with Gasteiger partial charge in [0.05, 0.1) is 0 Å². The summed E-state index contributed by atoms with van der Waals surface area (Å²) in [6.45, 7) is 9.52. The zero-order valence-corrected chi connectivity index (χ0v) is 15.9. The lowest BCUT2D eigenvalue weighted by Crippen LogP contribution is -2.50. The molecular formula is C19H27N3O4. The van der Waals surface area contributed by atoms with Crippen LogP contribution in [0, 0.1) is 0 Å². The molecule has 1 saturated heterocycles. The van der Waals surface area contributed by atoms with Crippen LogP contribution in [0.3, 0.4) is 0 Å². The number of alkyl carbamates (subject to hydrolysis) is 1. The Hall–Kier alpha value is -2.57. The molecule has 7 nitrogen and oxygen atoms in total. The Kier molecular flexibility index (Phi) is 6.23. The van der Waals surface area contributed by atoms with Crippen molar-refractivity contribution in [2.45, 2.75) is 39.8 Å². The normalized spacial score (nSPS) is 14.8. The highest BCUT2D eigenvalue weighted by Gasteiger charge is 2.23. The van der Waals surface area contributed by atoms with Crippen molar-refractivity contribution in [1.82, 2.24) is 15.1 Å². The maximum absolute atomic E-state index is 12.5. The molecule has 7 heteroatoms. The smallest absolute Gasteiger partial charge is 0.407 e. The third-order valence-corrected chi connectivity index (χ3v) is 4.05. The third-order valence-electron chi connectivity index (χ3n) is 4.05. The average molecular weight is 361 g/mol. The number of benzene rings is 1. The predicted octanol–water partition coefficient (Wildman–Crippen LogP) is 2.02. The SMILES string of the molecule is CC(=O)N1CCN(C(=O)c2ccc(CNC(=O)OC(C)(C)C)cc2)CC1. The Morgan fingerprint density at radius 3 is 2.04 bits per heavy atom. The van der Waals surface area contributed by atoms with E-state index in [1.54, 1.807) is 28.9 Å². The summed E-state index contributed by atoms with van der Waals surface area (Å²) in [6.07, 6.45) is -0.471. The Bertz CT molecular complexity index is 656. The van der Waals surface area contributed by atoms with Gasteiger partial charge in [-0.2, -0.15) is 0 Å². The Labute approximate surface area is 154 Å². The molecule has 0 saturated carbocycles. The van der Waals surface area contributed by atoms with E-state index in [-0.39, 0.29) is 11.8 Å². The lowest BCUT2D eigenvalue weighted by atomic mass is 10.1. The number of hydrogen-bond acceptors (Lipinski definition) is 4. The number of amides is 3. The first-order chi connectivity index (χ1) is 12.2. The second-order valence-electron chi connectivity index (χ2n) is 7.35. The summed E-state index contributed by atoms with van der Waals surface area (Å²) in [6, 6.07) is 7.14. The molecule has 0 aromatic heterocycles. The lowest BCUT2D eigenvalue weighted by Gasteiger charge is -2.34. The molecule has 1 fully saturated rings. The van der Waals surface area contributed by atoms with Crippen LogP contribution in [0.4, 0.5) is 4.79 Å². The van der Waals surface area contributed by atoms with Crippen molar-refractivity contribution < 1.29 is 19.1 Å². The minimum absolute atomic E-state index is 0.0407. The Morgan fingerprint density at radius 1 is 1.00 bits per heavy atom. The topological polar surface area (TPSA) is 79.0 Å². The number of nitrogens with one attached hydrogen (secondary N) is 1. The molecule has 0 bridgehead atoms. The number of carbonyl (C=O) groups is 3. The maximum atomic E-state index is 12.5. The largest absolute Gasteiger partial charge is 0.444 e. The first kappa shape index (κ1) is 19.8. The first-order valence-electron chi connectivity index (χ1n) is 8.76. The summed E-state index contributed by atoms with van der Waals surface area (Å²) in [5, 5.41) is 2.69. The van der Waals surface area contributed by atoms with Crippen LogP contribution in [0.5, 0.6) is 0 Å². The van der Waals surface area contributed by atoms with Crippen LogP contribution < -0.4 is 5.32 Å². The zero-order valence-electron chi connectivity index (χ0n) is 15.9. The molecule has 0 aliphatic carbocycles. The van der Waals surface area contributed by atoms with Crippen molar-refractivity contribution in [3.8, 4) is 0 Å². The van der Waals surface area contributed by atoms with Crippen molar-refractivity contribution in [2.24, 2.45) is 0 Å². The predicted molar refractivity (Wildman–Crippen MR) is 97.7 cm³/mol. The van der Waals surface area contributed by atoms with E-state index >= 15 is 0 Å². The highest BCUT2D eigenvalue weighted by Crippen LogP contribution is 2.11. The van der Waals surface area contributed by atoms with E-state index in [9.17, 15) is 14.4 Å². The van der Waals surface area contributed by atoms with Gasteiger partial charge in [0.2, 0.25) is 5.91 Å². The summed E-state index contributed by atoms with van der Waals surface area (Å²) >= 11 is 0. The molecule has 0 unspecified atom stereocenters. The number of ether oxygens (including phenoxy) is 1. The van der Waals surface area contributed by atoms with Crippen molar-refractivity contribution in [3.63, 3.8) is 0 Å². The number of rotatable bonds is 3. The maximum Gasteiger partial charge on any atom is 0.407 e. The standard InChI is InChI=1S/C19H27N3O4/c1-14(23)21-9-11-22(12-10-21)17(24)16-7-5-15(6-8-16)13-20-18(25)26-19(2,3)4/h5-8H,9-13H2,1-4H3,(H,20,25). The summed E-state index contributed by atoms with van der Waals surface area (Å²) in [4.78, 5) is 39.1. The molecule has 26 heavy (non-hydrogen) atoms. The zero-order chi connectivity index (χ0) is 19.3. The van der Waals surface area contributed by atoms with Crippen LogP contribution in [-0.2, 0) is 16.1 Å². The van der Waals surface area contributed by atoms with Crippen LogP contribution >= 0.6 is 0 Å². The molecule has 1 heterocycles. The van der Waals surface area contributed by atoms with Gasteiger partial charge in [0.15, 0.2) is 0 Å². The highest BCUT2D eigenvalue weighted by molar-refractivity contribution is 5.94. The van der Waals surface area contributed by atoms with E-state index in [2.05, 4.69) is 5.32 Å². The van der Waals surface area contributed by atoms with Gasteiger partial charge >= 0.3 is 6.09 Å². The van der Waals surface area contributed by atoms with Crippen LogP contribution in [0.15, 0.2) is 24.3 Å². The molecule has 0 spiro atoms. The van der Waals surface area contributed by atoms with Crippen LogP contribution in [0.1, 0.15) is 43.6 Å². The number of nitrogens with zero attached hydrogens (tertiary/aromatic N) is 2. The summed E-state index contributed by atoms with van der Waals surface area (Å²) in [5.41, 5.74) is 0.948. The molecule has 0 atom stereocenters. The van der Waals surface area contributed by atoms with E-state index in [1.165, 1.54) is 0 Å². The molecule has 1 aromatic rings. The fourth-order valence-electron chi connectivity index (χ4n) is 2.66. The second kappa shape index (κ2) is 8.21. The van der Waals surface area contributed by atoms with Gasteiger partial charge in [-0.1, -0.05) is 12.1 Å². The molecule has 1 aliphatic heterocycles. The monoisotopic (exact) mass is 361 g/mol. The molecule has 1 aliphatic rings. The van der Waals surface area contributed by atoms with E-state index in [1.807, 2.05) is 32.9 Å². The van der Waals surface area contributed by atoms with Crippen molar-refractivity contribution in [1.29, 1.82) is 0 Å². The van der Waals surface area contributed by atoms with Gasteiger partial charge in [0, 0.05) is 45.2 Å². The van der Waals surface area contributed by atoms with Gasteiger partial charge in [-0.15, -0.1) is 0 Å². The van der Waals surface area contributed by atoms with E-state index in [4.69, 9.17) is 4.74 Å².